The van der Waals surface area contributed by atoms with Crippen LogP contribution in [0.25, 0.3) is 21.3 Å². The molecule has 3 aromatic rings. The highest BCUT2D eigenvalue weighted by Gasteiger charge is 2.23. The number of carbonyl (C=O) groups excluding carboxylic acids is 1. The first-order chi connectivity index (χ1) is 14.7. The molecule has 0 unspecified atom stereocenters. The highest BCUT2D eigenvalue weighted by Crippen LogP contribution is 2.39. The van der Waals surface area contributed by atoms with Crippen molar-refractivity contribution in [2.75, 3.05) is 6.61 Å². The molecule has 0 aliphatic carbocycles. The number of halogens is 2. The van der Waals surface area contributed by atoms with Crippen molar-refractivity contribution in [1.82, 2.24) is 4.98 Å². The number of aliphatic hydroxyl groups is 1. The average Bonchev–Trinajstić information content (AvgIpc) is 3.00. The Morgan fingerprint density at radius 3 is 2.25 bits per heavy atom. The molecular formula is C25H31BrClNO3S. The quantitative estimate of drug-likeness (QED) is 0.346. The third-order valence-electron chi connectivity index (χ3n) is 4.32. The first-order valence-electron chi connectivity index (χ1n) is 10.4. The van der Waals surface area contributed by atoms with Crippen LogP contribution in [0.2, 0.25) is 5.02 Å². The molecular weight excluding hydrogens is 510 g/mol. The first-order valence-corrected chi connectivity index (χ1v) is 12.4. The van der Waals surface area contributed by atoms with E-state index in [0.717, 1.165) is 30.8 Å². The number of ether oxygens (including phenoxy) is 1. The monoisotopic (exact) mass is 539 g/mol. The fraction of sp³-hybridized carbons (Fsp3) is 0.440. The Kier molecular flexibility index (Phi) is 8.90. The van der Waals surface area contributed by atoms with E-state index in [1.807, 2.05) is 45.0 Å². The van der Waals surface area contributed by atoms with E-state index >= 15 is 0 Å². The molecule has 0 aliphatic heterocycles. The summed E-state index contributed by atoms with van der Waals surface area (Å²) in [6.07, 6.45) is 0.650. The van der Waals surface area contributed by atoms with Crippen LogP contribution in [0.4, 0.5) is 0 Å². The zero-order valence-electron chi connectivity index (χ0n) is 19.7. The van der Waals surface area contributed by atoms with Gasteiger partial charge in [-0.3, -0.25) is 4.79 Å². The summed E-state index contributed by atoms with van der Waals surface area (Å²) >= 11 is 11.2. The van der Waals surface area contributed by atoms with E-state index in [9.17, 15) is 4.79 Å². The second-order valence-corrected chi connectivity index (χ2v) is 12.4. The van der Waals surface area contributed by atoms with Crippen LogP contribution in [0, 0.1) is 12.3 Å². The number of fused-ring (bicyclic) bond motifs is 1. The van der Waals surface area contributed by atoms with E-state index in [2.05, 4.69) is 33.9 Å². The third-order valence-corrected chi connectivity index (χ3v) is 6.11. The summed E-state index contributed by atoms with van der Waals surface area (Å²) in [5, 5.41) is 9.22. The molecule has 0 atom stereocenters. The van der Waals surface area contributed by atoms with Crippen molar-refractivity contribution >= 4 is 55.1 Å². The number of esters is 1. The van der Waals surface area contributed by atoms with Crippen LogP contribution < -0.4 is 0 Å². The van der Waals surface area contributed by atoms with Crippen molar-refractivity contribution in [3.63, 3.8) is 0 Å². The predicted octanol–water partition coefficient (Wildman–Crippen LogP) is 7.60. The molecule has 1 N–H and O–H groups in total. The number of carbonyl (C=O) groups is 1. The van der Waals surface area contributed by atoms with Crippen LogP contribution in [-0.2, 0) is 16.0 Å². The SMILES string of the molecule is CC(C)(C)O.Cc1cc2nc(Br)sc2c(-c2ccc(Cl)cc2)c1CCOC(=O)C(C)(C)C. The standard InChI is InChI=1S/C21H21BrClNO2S.C4H10O/c1-12-11-16-18(27-20(22)24-16)17(13-5-7-14(23)8-6-13)15(12)9-10-26-19(25)21(2,3)4;1-4(2,3)5/h5-8,11H,9-10H2,1-4H3;5H,1-3H3. The van der Waals surface area contributed by atoms with Crippen molar-refractivity contribution in [2.45, 2.75) is 60.5 Å². The van der Waals surface area contributed by atoms with Crippen LogP contribution in [0.15, 0.2) is 34.2 Å². The Hall–Kier alpha value is -1.47. The first kappa shape index (κ1) is 26.8. The van der Waals surface area contributed by atoms with Gasteiger partial charge in [0.05, 0.1) is 27.8 Å². The van der Waals surface area contributed by atoms with Gasteiger partial charge < -0.3 is 9.84 Å². The zero-order valence-corrected chi connectivity index (χ0v) is 22.8. The van der Waals surface area contributed by atoms with Crippen molar-refractivity contribution in [2.24, 2.45) is 5.41 Å². The van der Waals surface area contributed by atoms with E-state index in [4.69, 9.17) is 21.4 Å². The van der Waals surface area contributed by atoms with E-state index in [1.165, 1.54) is 5.56 Å². The van der Waals surface area contributed by atoms with Crippen LogP contribution in [0.5, 0.6) is 0 Å². The number of thiazole rings is 1. The molecule has 32 heavy (non-hydrogen) atoms. The minimum atomic E-state index is -0.500. The van der Waals surface area contributed by atoms with Gasteiger partial charge in [-0.1, -0.05) is 23.7 Å². The Labute approximate surface area is 208 Å². The summed E-state index contributed by atoms with van der Waals surface area (Å²) < 4.78 is 7.48. The average molecular weight is 541 g/mol. The molecule has 0 spiro atoms. The Balaban J connectivity index is 0.000000654. The van der Waals surface area contributed by atoms with Gasteiger partial charge in [0.2, 0.25) is 0 Å². The number of hydrogen-bond donors (Lipinski definition) is 1. The molecule has 0 bridgehead atoms. The van der Waals surface area contributed by atoms with Crippen molar-refractivity contribution in [3.05, 3.63) is 50.4 Å². The van der Waals surface area contributed by atoms with Gasteiger partial charge in [0.15, 0.2) is 3.92 Å². The molecule has 0 saturated carbocycles. The van der Waals surface area contributed by atoms with E-state index in [0.29, 0.717) is 18.1 Å². The van der Waals surface area contributed by atoms with Crippen molar-refractivity contribution in [3.8, 4) is 11.1 Å². The maximum atomic E-state index is 12.1. The van der Waals surface area contributed by atoms with Crippen LogP contribution in [0.3, 0.4) is 0 Å². The Bertz CT molecular complexity index is 1070. The molecule has 1 heterocycles. The largest absolute Gasteiger partial charge is 0.465 e. The molecule has 0 aliphatic rings. The second-order valence-electron chi connectivity index (χ2n) is 9.68. The van der Waals surface area contributed by atoms with Gasteiger partial charge in [-0.2, -0.15) is 0 Å². The van der Waals surface area contributed by atoms with E-state index in [1.54, 1.807) is 32.1 Å². The van der Waals surface area contributed by atoms with Gasteiger partial charge in [0.25, 0.3) is 0 Å². The molecule has 0 saturated heterocycles. The fourth-order valence-electron chi connectivity index (χ4n) is 2.91. The number of nitrogens with zero attached hydrogens (tertiary/aromatic N) is 1. The number of benzene rings is 2. The van der Waals surface area contributed by atoms with E-state index in [-0.39, 0.29) is 5.97 Å². The zero-order chi connectivity index (χ0) is 24.3. The van der Waals surface area contributed by atoms with E-state index < -0.39 is 11.0 Å². The minimum Gasteiger partial charge on any atom is -0.465 e. The lowest BCUT2D eigenvalue weighted by molar-refractivity contribution is -0.152. The number of hydrogen-bond acceptors (Lipinski definition) is 5. The molecule has 0 fully saturated rings. The summed E-state index contributed by atoms with van der Waals surface area (Å²) in [6.45, 7) is 13.2. The molecule has 2 aromatic carbocycles. The summed E-state index contributed by atoms with van der Waals surface area (Å²) in [7, 11) is 0. The van der Waals surface area contributed by atoms with Crippen LogP contribution >= 0.6 is 38.9 Å². The van der Waals surface area contributed by atoms with Gasteiger partial charge in [0.1, 0.15) is 0 Å². The summed E-state index contributed by atoms with van der Waals surface area (Å²) in [4.78, 5) is 16.7. The number of rotatable bonds is 4. The number of aryl methyl sites for hydroxylation is 1. The fourth-order valence-corrected chi connectivity index (χ4v) is 4.58. The second kappa shape index (κ2) is 10.6. The molecule has 0 amide bonds. The van der Waals surface area contributed by atoms with Gasteiger partial charge in [-0.25, -0.2) is 4.98 Å². The summed E-state index contributed by atoms with van der Waals surface area (Å²) in [5.41, 5.74) is 4.49. The maximum absolute atomic E-state index is 12.1. The van der Waals surface area contributed by atoms with Crippen LogP contribution in [-0.4, -0.2) is 28.3 Å². The third kappa shape index (κ3) is 7.84. The maximum Gasteiger partial charge on any atom is 0.311 e. The lowest BCUT2D eigenvalue weighted by atomic mass is 9.93. The molecule has 0 radical (unpaired) electrons. The van der Waals surface area contributed by atoms with Gasteiger partial charge in [-0.15, -0.1) is 11.3 Å². The lowest BCUT2D eigenvalue weighted by Crippen LogP contribution is -2.23. The van der Waals surface area contributed by atoms with Crippen LogP contribution in [0.1, 0.15) is 52.7 Å². The van der Waals surface area contributed by atoms with Gasteiger partial charge in [-0.05, 0) is 99.3 Å². The smallest absolute Gasteiger partial charge is 0.311 e. The lowest BCUT2D eigenvalue weighted by Gasteiger charge is -2.18. The van der Waals surface area contributed by atoms with Gasteiger partial charge >= 0.3 is 5.97 Å². The molecule has 3 rings (SSSR count). The molecule has 1 aromatic heterocycles. The Morgan fingerprint density at radius 1 is 1.16 bits per heavy atom. The molecule has 4 nitrogen and oxygen atoms in total. The summed E-state index contributed by atoms with van der Waals surface area (Å²) in [5.74, 6) is -0.185. The summed E-state index contributed by atoms with van der Waals surface area (Å²) in [6, 6.07) is 9.93. The van der Waals surface area contributed by atoms with Gasteiger partial charge in [0, 0.05) is 17.0 Å². The Morgan fingerprint density at radius 2 is 1.72 bits per heavy atom. The topological polar surface area (TPSA) is 59.4 Å². The number of aromatic nitrogens is 1. The normalized spacial score (nSPS) is 11.8. The highest BCUT2D eigenvalue weighted by molar-refractivity contribution is 9.11. The predicted molar refractivity (Wildman–Crippen MR) is 139 cm³/mol. The minimum absolute atomic E-state index is 0.185. The van der Waals surface area contributed by atoms with Crippen molar-refractivity contribution < 1.29 is 14.6 Å². The molecule has 174 valence electrons. The highest BCUT2D eigenvalue weighted by atomic mass is 79.9. The molecule has 7 heteroatoms. The van der Waals surface area contributed by atoms with Crippen molar-refractivity contribution in [1.29, 1.82) is 0 Å².